The number of benzene rings is 2. The van der Waals surface area contributed by atoms with Crippen LogP contribution in [0.1, 0.15) is 10.4 Å². The number of hydrogen-bond acceptors (Lipinski definition) is 7. The zero-order valence-electron chi connectivity index (χ0n) is 15.1. The van der Waals surface area contributed by atoms with Crippen molar-refractivity contribution in [2.45, 2.75) is 0 Å². The van der Waals surface area contributed by atoms with Crippen LogP contribution in [0.5, 0.6) is 5.75 Å². The molecule has 1 fully saturated rings. The quantitative estimate of drug-likeness (QED) is 0.572. The van der Waals surface area contributed by atoms with Gasteiger partial charge in [-0.2, -0.15) is 0 Å². The van der Waals surface area contributed by atoms with Gasteiger partial charge in [0.05, 0.1) is 23.0 Å². The van der Waals surface area contributed by atoms with Gasteiger partial charge < -0.3 is 14.5 Å². The minimum absolute atomic E-state index is 0.125. The lowest BCUT2D eigenvalue weighted by Crippen LogP contribution is -2.48. The first-order valence-corrected chi connectivity index (χ1v) is 8.52. The highest BCUT2D eigenvalue weighted by Gasteiger charge is 2.28. The van der Waals surface area contributed by atoms with Gasteiger partial charge in [0, 0.05) is 37.8 Å². The first kappa shape index (κ1) is 19.1. The molecule has 1 amide bonds. The topological polar surface area (TPSA) is 119 Å². The molecular weight excluding hydrogens is 368 g/mol. The molecule has 0 radical (unpaired) electrons. The van der Waals surface area contributed by atoms with Crippen molar-refractivity contribution in [3.8, 4) is 5.75 Å². The third kappa shape index (κ3) is 3.85. The maximum Gasteiger partial charge on any atom is 0.299 e. The molecule has 3 rings (SSSR count). The summed E-state index contributed by atoms with van der Waals surface area (Å²) in [6, 6.07) is 10.4. The lowest BCUT2D eigenvalue weighted by molar-refractivity contribution is -0.393. The molecule has 0 aromatic heterocycles. The molecule has 146 valence electrons. The van der Waals surface area contributed by atoms with Crippen LogP contribution in [0.4, 0.5) is 17.1 Å². The number of ether oxygens (including phenoxy) is 1. The van der Waals surface area contributed by atoms with Gasteiger partial charge in [-0.05, 0) is 30.3 Å². The predicted molar refractivity (Wildman–Crippen MR) is 101 cm³/mol. The van der Waals surface area contributed by atoms with Crippen molar-refractivity contribution in [3.63, 3.8) is 0 Å². The van der Waals surface area contributed by atoms with Crippen molar-refractivity contribution in [3.05, 3.63) is 68.3 Å². The Morgan fingerprint density at radius 3 is 2.14 bits per heavy atom. The van der Waals surface area contributed by atoms with Crippen LogP contribution in [0.2, 0.25) is 0 Å². The fourth-order valence-corrected chi connectivity index (χ4v) is 3.11. The smallest absolute Gasteiger partial charge is 0.299 e. The van der Waals surface area contributed by atoms with Gasteiger partial charge in [0.25, 0.3) is 17.3 Å². The standard InChI is InChI=1S/C18H18N4O6/c1-28-15-5-2-13(3-6-15)18(23)20-10-8-19(9-11-20)16-7-4-14(21(24)25)12-17(16)22(26)27/h2-7,12H,8-11H2,1H3. The Hall–Kier alpha value is -3.69. The van der Waals surface area contributed by atoms with E-state index in [0.29, 0.717) is 43.2 Å². The van der Waals surface area contributed by atoms with Crippen molar-refractivity contribution in [2.75, 3.05) is 38.2 Å². The Bertz CT molecular complexity index is 907. The van der Waals surface area contributed by atoms with Gasteiger partial charge in [0.2, 0.25) is 0 Å². The van der Waals surface area contributed by atoms with E-state index in [1.807, 2.05) is 0 Å². The van der Waals surface area contributed by atoms with E-state index in [0.717, 1.165) is 6.07 Å². The molecule has 2 aromatic rings. The van der Waals surface area contributed by atoms with Crippen LogP contribution in [0.25, 0.3) is 0 Å². The summed E-state index contributed by atoms with van der Waals surface area (Å²) >= 11 is 0. The van der Waals surface area contributed by atoms with Gasteiger partial charge >= 0.3 is 0 Å². The van der Waals surface area contributed by atoms with E-state index < -0.39 is 9.85 Å². The van der Waals surface area contributed by atoms with Crippen LogP contribution >= 0.6 is 0 Å². The van der Waals surface area contributed by atoms with Crippen LogP contribution in [0.15, 0.2) is 42.5 Å². The molecule has 1 aliphatic heterocycles. The second kappa shape index (κ2) is 7.91. The van der Waals surface area contributed by atoms with Gasteiger partial charge in [-0.1, -0.05) is 0 Å². The Labute approximate surface area is 160 Å². The molecular formula is C18H18N4O6. The van der Waals surface area contributed by atoms with E-state index in [-0.39, 0.29) is 17.3 Å². The molecule has 0 atom stereocenters. The number of amides is 1. The van der Waals surface area contributed by atoms with Gasteiger partial charge in [-0.15, -0.1) is 0 Å². The number of non-ortho nitro benzene ring substituents is 1. The molecule has 1 aliphatic rings. The molecule has 0 unspecified atom stereocenters. The highest BCUT2D eigenvalue weighted by atomic mass is 16.6. The fourth-order valence-electron chi connectivity index (χ4n) is 3.11. The van der Waals surface area contributed by atoms with Crippen molar-refractivity contribution in [2.24, 2.45) is 0 Å². The minimum Gasteiger partial charge on any atom is -0.497 e. The Balaban J connectivity index is 1.72. The highest BCUT2D eigenvalue weighted by Crippen LogP contribution is 2.32. The average molecular weight is 386 g/mol. The third-order valence-corrected chi connectivity index (χ3v) is 4.61. The molecule has 0 spiro atoms. The first-order valence-electron chi connectivity index (χ1n) is 8.52. The number of nitro groups is 2. The summed E-state index contributed by atoms with van der Waals surface area (Å²) in [7, 11) is 1.55. The molecule has 1 saturated heterocycles. The minimum atomic E-state index is -0.664. The van der Waals surface area contributed by atoms with Gasteiger partial charge in [0.1, 0.15) is 11.4 Å². The van der Waals surface area contributed by atoms with Crippen molar-refractivity contribution < 1.29 is 19.4 Å². The van der Waals surface area contributed by atoms with E-state index >= 15 is 0 Å². The summed E-state index contributed by atoms with van der Waals surface area (Å²) < 4.78 is 5.08. The number of methoxy groups -OCH3 is 1. The number of carbonyl (C=O) groups excluding carboxylic acids is 1. The van der Waals surface area contributed by atoms with Crippen molar-refractivity contribution >= 4 is 23.0 Å². The maximum absolute atomic E-state index is 12.6. The highest BCUT2D eigenvalue weighted by molar-refractivity contribution is 5.94. The molecule has 0 saturated carbocycles. The first-order chi connectivity index (χ1) is 13.4. The zero-order chi connectivity index (χ0) is 20.3. The number of anilines is 1. The van der Waals surface area contributed by atoms with Crippen LogP contribution in [-0.4, -0.2) is 53.9 Å². The van der Waals surface area contributed by atoms with E-state index in [4.69, 9.17) is 4.74 Å². The molecule has 10 heteroatoms. The molecule has 0 N–H and O–H groups in total. The summed E-state index contributed by atoms with van der Waals surface area (Å²) in [5.74, 6) is 0.535. The summed E-state index contributed by atoms with van der Waals surface area (Å²) in [6.07, 6.45) is 0. The molecule has 1 heterocycles. The summed E-state index contributed by atoms with van der Waals surface area (Å²) in [5, 5.41) is 22.2. The van der Waals surface area contributed by atoms with Gasteiger partial charge in [-0.25, -0.2) is 0 Å². The second-order valence-electron chi connectivity index (χ2n) is 6.19. The Morgan fingerprint density at radius 2 is 1.61 bits per heavy atom. The van der Waals surface area contributed by atoms with Crippen LogP contribution in [0, 0.1) is 20.2 Å². The van der Waals surface area contributed by atoms with E-state index in [1.54, 1.807) is 41.2 Å². The number of piperazine rings is 1. The van der Waals surface area contributed by atoms with Gasteiger partial charge in [0.15, 0.2) is 0 Å². The molecule has 0 aliphatic carbocycles. The normalized spacial score (nSPS) is 13.9. The summed E-state index contributed by atoms with van der Waals surface area (Å²) in [4.78, 5) is 37.0. The molecule has 0 bridgehead atoms. The molecule has 28 heavy (non-hydrogen) atoms. The van der Waals surface area contributed by atoms with Gasteiger partial charge in [-0.3, -0.25) is 25.0 Å². The molecule has 2 aromatic carbocycles. The van der Waals surface area contributed by atoms with E-state index in [1.165, 1.54) is 12.1 Å². The number of carbonyl (C=O) groups is 1. The number of rotatable bonds is 5. The lowest BCUT2D eigenvalue weighted by atomic mass is 10.1. The monoisotopic (exact) mass is 386 g/mol. The van der Waals surface area contributed by atoms with Crippen molar-refractivity contribution in [1.29, 1.82) is 0 Å². The number of hydrogen-bond donors (Lipinski definition) is 0. The SMILES string of the molecule is COc1ccc(C(=O)N2CCN(c3ccc([N+](=O)[O-])cc3[N+](=O)[O-])CC2)cc1. The van der Waals surface area contributed by atoms with E-state index in [9.17, 15) is 25.0 Å². The second-order valence-corrected chi connectivity index (χ2v) is 6.19. The van der Waals surface area contributed by atoms with E-state index in [2.05, 4.69) is 0 Å². The molecule has 10 nitrogen and oxygen atoms in total. The Kier molecular flexibility index (Phi) is 5.39. The zero-order valence-corrected chi connectivity index (χ0v) is 15.1. The average Bonchev–Trinajstić information content (AvgIpc) is 2.73. The number of nitrogens with zero attached hydrogens (tertiary/aromatic N) is 4. The maximum atomic E-state index is 12.6. The van der Waals surface area contributed by atoms with Crippen molar-refractivity contribution in [1.82, 2.24) is 4.90 Å². The fraction of sp³-hybridized carbons (Fsp3) is 0.278. The Morgan fingerprint density at radius 1 is 0.964 bits per heavy atom. The van der Waals surface area contributed by atoms with Crippen LogP contribution in [-0.2, 0) is 0 Å². The largest absolute Gasteiger partial charge is 0.497 e. The summed E-state index contributed by atoms with van der Waals surface area (Å²) in [6.45, 7) is 1.55. The number of nitro benzene ring substituents is 2. The van der Waals surface area contributed by atoms with Crippen LogP contribution < -0.4 is 9.64 Å². The predicted octanol–water partition coefficient (Wildman–Crippen LogP) is 2.47. The third-order valence-electron chi connectivity index (χ3n) is 4.61. The van der Waals surface area contributed by atoms with Crippen LogP contribution in [0.3, 0.4) is 0 Å². The summed E-state index contributed by atoms with van der Waals surface area (Å²) in [5.41, 5.74) is 0.204. The lowest BCUT2D eigenvalue weighted by Gasteiger charge is -2.35.